The van der Waals surface area contributed by atoms with Crippen LogP contribution in [0.4, 0.5) is 10.5 Å². The van der Waals surface area contributed by atoms with Crippen LogP contribution in [0.15, 0.2) is 42.5 Å². The van der Waals surface area contributed by atoms with Crippen molar-refractivity contribution in [1.82, 2.24) is 4.98 Å². The highest BCUT2D eigenvalue weighted by Gasteiger charge is 2.24. The number of hydrogen-bond donors (Lipinski definition) is 0. The summed E-state index contributed by atoms with van der Waals surface area (Å²) < 4.78 is 11.7. The van der Waals surface area contributed by atoms with Crippen molar-refractivity contribution in [3.63, 3.8) is 0 Å². The van der Waals surface area contributed by atoms with Crippen molar-refractivity contribution in [3.8, 4) is 5.75 Å². The first-order chi connectivity index (χ1) is 13.0. The van der Waals surface area contributed by atoms with Gasteiger partial charge in [-0.1, -0.05) is 19.1 Å². The zero-order chi connectivity index (χ0) is 19.4. The maximum absolute atomic E-state index is 12.1. The number of carbonyl (C=O) groups excluding carboxylic acids is 2. The van der Waals surface area contributed by atoms with Crippen LogP contribution >= 0.6 is 11.3 Å². The van der Waals surface area contributed by atoms with E-state index in [-0.39, 0.29) is 12.3 Å². The predicted octanol–water partition coefficient (Wildman–Crippen LogP) is 4.69. The number of anilines is 1. The van der Waals surface area contributed by atoms with Crippen molar-refractivity contribution in [2.24, 2.45) is 0 Å². The number of benzene rings is 2. The van der Waals surface area contributed by atoms with Crippen LogP contribution in [0.2, 0.25) is 0 Å². The molecule has 27 heavy (non-hydrogen) atoms. The first kappa shape index (κ1) is 18.8. The number of amides is 2. The third-order valence-corrected chi connectivity index (χ3v) is 5.03. The van der Waals surface area contributed by atoms with E-state index in [4.69, 9.17) is 9.47 Å². The number of imide groups is 1. The van der Waals surface area contributed by atoms with Gasteiger partial charge in [-0.05, 0) is 42.8 Å². The van der Waals surface area contributed by atoms with Crippen LogP contribution in [-0.4, -0.2) is 24.1 Å². The van der Waals surface area contributed by atoms with Gasteiger partial charge in [-0.3, -0.25) is 4.79 Å². The fourth-order valence-electron chi connectivity index (χ4n) is 2.68. The molecule has 0 radical (unpaired) electrons. The zero-order valence-corrected chi connectivity index (χ0v) is 16.2. The lowest BCUT2D eigenvalue weighted by Gasteiger charge is -2.21. The fourth-order valence-corrected chi connectivity index (χ4v) is 3.56. The molecule has 0 fully saturated rings. The van der Waals surface area contributed by atoms with Crippen molar-refractivity contribution < 1.29 is 19.1 Å². The number of aryl methyl sites for hydroxylation is 1. The lowest BCUT2D eigenvalue weighted by atomic mass is 10.1. The van der Waals surface area contributed by atoms with Crippen LogP contribution in [0.25, 0.3) is 10.2 Å². The Labute approximate surface area is 161 Å². The Bertz CT molecular complexity index is 934. The van der Waals surface area contributed by atoms with Gasteiger partial charge in [0.2, 0.25) is 5.91 Å². The molecule has 7 heteroatoms. The Morgan fingerprint density at radius 3 is 2.63 bits per heavy atom. The Morgan fingerprint density at radius 2 is 1.96 bits per heavy atom. The molecule has 0 spiro atoms. The van der Waals surface area contributed by atoms with E-state index in [1.807, 2.05) is 31.2 Å². The van der Waals surface area contributed by atoms with Gasteiger partial charge in [-0.2, -0.15) is 0 Å². The highest BCUT2D eigenvalue weighted by Crippen LogP contribution is 2.28. The van der Waals surface area contributed by atoms with E-state index in [9.17, 15) is 9.59 Å². The quantitative estimate of drug-likeness (QED) is 0.638. The summed E-state index contributed by atoms with van der Waals surface area (Å²) >= 11 is 1.59. The summed E-state index contributed by atoms with van der Waals surface area (Å²) in [6.45, 7) is 3.87. The molecule has 0 atom stereocenters. The van der Waals surface area contributed by atoms with E-state index in [1.54, 1.807) is 36.5 Å². The monoisotopic (exact) mass is 384 g/mol. The minimum absolute atomic E-state index is 0.199. The number of thiazole rings is 1. The maximum Gasteiger partial charge on any atom is 0.420 e. The Hall–Kier alpha value is -2.93. The number of para-hydroxylation sites is 1. The van der Waals surface area contributed by atoms with Gasteiger partial charge in [0.05, 0.1) is 23.0 Å². The van der Waals surface area contributed by atoms with Gasteiger partial charge in [0.1, 0.15) is 17.4 Å². The molecule has 2 aromatic carbocycles. The molecule has 0 bridgehead atoms. The lowest BCUT2D eigenvalue weighted by molar-refractivity contribution is -0.117. The number of carbonyl (C=O) groups is 2. The topological polar surface area (TPSA) is 68.7 Å². The predicted molar refractivity (Wildman–Crippen MR) is 105 cm³/mol. The summed E-state index contributed by atoms with van der Waals surface area (Å²) in [5, 5.41) is 0.885. The largest absolute Gasteiger partial charge is 0.486 e. The standard InChI is InChI=1S/C20H20N2O4S/c1-4-19(23)22(20(24)25-3)16-10-9-14(11-13(16)2)26-12-18-21-15-7-5-6-8-17(15)27-18/h5-11H,4,12H2,1-3H3. The molecule has 0 aliphatic rings. The first-order valence-electron chi connectivity index (χ1n) is 8.52. The van der Waals surface area contributed by atoms with Gasteiger partial charge in [-0.25, -0.2) is 14.7 Å². The number of nitrogens with zero attached hydrogens (tertiary/aromatic N) is 2. The molecule has 3 aromatic rings. The van der Waals surface area contributed by atoms with E-state index >= 15 is 0 Å². The summed E-state index contributed by atoms with van der Waals surface area (Å²) in [5.41, 5.74) is 2.18. The van der Waals surface area contributed by atoms with Gasteiger partial charge in [0.15, 0.2) is 0 Å². The molecule has 2 amide bonds. The van der Waals surface area contributed by atoms with Crippen molar-refractivity contribution in [1.29, 1.82) is 0 Å². The van der Waals surface area contributed by atoms with Crippen molar-refractivity contribution in [2.75, 3.05) is 12.0 Å². The molecule has 1 heterocycles. The fraction of sp³-hybridized carbons (Fsp3) is 0.250. The molecular weight excluding hydrogens is 364 g/mol. The van der Waals surface area contributed by atoms with Gasteiger partial charge in [0, 0.05) is 6.42 Å². The first-order valence-corrected chi connectivity index (χ1v) is 9.34. The second kappa shape index (κ2) is 8.18. The highest BCUT2D eigenvalue weighted by atomic mass is 32.1. The molecule has 3 rings (SSSR count). The molecule has 0 N–H and O–H groups in total. The number of aromatic nitrogens is 1. The summed E-state index contributed by atoms with van der Waals surface area (Å²) in [6.07, 6.45) is -0.502. The molecule has 0 unspecified atom stereocenters. The van der Waals surface area contributed by atoms with Crippen LogP contribution in [0.1, 0.15) is 23.9 Å². The maximum atomic E-state index is 12.1. The average molecular weight is 384 g/mol. The third kappa shape index (κ3) is 4.09. The molecule has 140 valence electrons. The summed E-state index contributed by atoms with van der Waals surface area (Å²) in [5.74, 6) is 0.317. The van der Waals surface area contributed by atoms with Crippen LogP contribution in [0, 0.1) is 6.92 Å². The number of methoxy groups -OCH3 is 1. The van der Waals surface area contributed by atoms with E-state index < -0.39 is 6.09 Å². The SMILES string of the molecule is CCC(=O)N(C(=O)OC)c1ccc(OCc2nc3ccccc3s2)cc1C. The minimum atomic E-state index is -0.701. The van der Waals surface area contributed by atoms with Gasteiger partial charge < -0.3 is 9.47 Å². The van der Waals surface area contributed by atoms with E-state index in [2.05, 4.69) is 4.98 Å². The Kier molecular flexibility index (Phi) is 5.71. The molecule has 0 aliphatic heterocycles. The molecule has 0 aliphatic carbocycles. The highest BCUT2D eigenvalue weighted by molar-refractivity contribution is 7.18. The minimum Gasteiger partial charge on any atom is -0.486 e. The van der Waals surface area contributed by atoms with Crippen LogP contribution in [0.5, 0.6) is 5.75 Å². The van der Waals surface area contributed by atoms with E-state index in [0.29, 0.717) is 18.0 Å². The lowest BCUT2D eigenvalue weighted by Crippen LogP contribution is -2.36. The third-order valence-electron chi connectivity index (χ3n) is 4.02. The molecule has 6 nitrogen and oxygen atoms in total. The summed E-state index contributed by atoms with van der Waals surface area (Å²) in [7, 11) is 1.25. The number of hydrogen-bond acceptors (Lipinski definition) is 6. The summed E-state index contributed by atoms with van der Waals surface area (Å²) in [6, 6.07) is 13.2. The average Bonchev–Trinajstić information content (AvgIpc) is 3.10. The molecule has 1 aromatic heterocycles. The normalized spacial score (nSPS) is 10.6. The Balaban J connectivity index is 1.77. The van der Waals surface area contributed by atoms with Crippen molar-refractivity contribution >= 4 is 39.2 Å². The number of fused-ring (bicyclic) bond motifs is 1. The summed E-state index contributed by atoms with van der Waals surface area (Å²) in [4.78, 5) is 29.7. The smallest absolute Gasteiger partial charge is 0.420 e. The second-order valence-corrected chi connectivity index (χ2v) is 6.98. The molecule has 0 saturated heterocycles. The van der Waals surface area contributed by atoms with E-state index in [0.717, 1.165) is 25.7 Å². The van der Waals surface area contributed by atoms with Gasteiger partial charge in [-0.15, -0.1) is 11.3 Å². The van der Waals surface area contributed by atoms with Gasteiger partial charge >= 0.3 is 6.09 Å². The Morgan fingerprint density at radius 1 is 1.19 bits per heavy atom. The number of rotatable bonds is 5. The van der Waals surface area contributed by atoms with Crippen molar-refractivity contribution in [2.45, 2.75) is 26.9 Å². The number of ether oxygens (including phenoxy) is 2. The van der Waals surface area contributed by atoms with Crippen LogP contribution in [-0.2, 0) is 16.1 Å². The van der Waals surface area contributed by atoms with Crippen LogP contribution < -0.4 is 9.64 Å². The zero-order valence-electron chi connectivity index (χ0n) is 15.4. The molecular formula is C20H20N2O4S. The second-order valence-electron chi connectivity index (χ2n) is 5.87. The van der Waals surface area contributed by atoms with E-state index in [1.165, 1.54) is 7.11 Å². The molecule has 0 saturated carbocycles. The van der Waals surface area contributed by atoms with Crippen molar-refractivity contribution in [3.05, 3.63) is 53.0 Å². The van der Waals surface area contributed by atoms with Gasteiger partial charge in [0.25, 0.3) is 0 Å². The van der Waals surface area contributed by atoms with Crippen LogP contribution in [0.3, 0.4) is 0 Å².